The lowest BCUT2D eigenvalue weighted by molar-refractivity contribution is 0.352. The highest BCUT2D eigenvalue weighted by atomic mass is 79.9. The maximum atomic E-state index is 5.94. The van der Waals surface area contributed by atoms with Crippen molar-refractivity contribution in [1.82, 2.24) is 0 Å². The van der Waals surface area contributed by atoms with Crippen molar-refractivity contribution in [2.24, 2.45) is 5.73 Å². The molecule has 2 aliphatic rings. The van der Waals surface area contributed by atoms with Gasteiger partial charge in [-0.05, 0) is 29.3 Å². The first-order valence-corrected chi connectivity index (χ1v) is 6.85. The Labute approximate surface area is 122 Å². The number of benzene rings is 1. The van der Waals surface area contributed by atoms with Crippen LogP contribution in [0.1, 0.15) is 23.6 Å². The first-order valence-electron chi connectivity index (χ1n) is 6.05. The van der Waals surface area contributed by atoms with Crippen LogP contribution in [-0.4, -0.2) is 19.3 Å². The van der Waals surface area contributed by atoms with Gasteiger partial charge >= 0.3 is 0 Å². The normalized spacial score (nSPS) is 17.3. The Morgan fingerprint density at radius 1 is 1.17 bits per heavy atom. The zero-order chi connectivity index (χ0) is 12.0. The van der Waals surface area contributed by atoms with Gasteiger partial charge in [0.2, 0.25) is 0 Å². The molecule has 0 saturated carbocycles. The second-order valence-corrected chi connectivity index (χ2v) is 5.58. The standard InChI is InChI=1S/C13H16BrNO2.ClH/c1-7(15)6-10-8-2-4-17-13(8)11(14)9-3-5-16-12(9)10;/h7H,2-6,15H2,1H3;1H/t7-;/m0./s1. The molecule has 0 radical (unpaired) electrons. The largest absolute Gasteiger partial charge is 0.493 e. The van der Waals surface area contributed by atoms with Gasteiger partial charge in [-0.15, -0.1) is 12.4 Å². The van der Waals surface area contributed by atoms with Crippen LogP contribution in [0.5, 0.6) is 11.5 Å². The summed E-state index contributed by atoms with van der Waals surface area (Å²) in [5.41, 5.74) is 9.75. The number of halogens is 2. The summed E-state index contributed by atoms with van der Waals surface area (Å²) in [6.07, 6.45) is 2.78. The van der Waals surface area contributed by atoms with Crippen LogP contribution >= 0.6 is 28.3 Å². The van der Waals surface area contributed by atoms with E-state index in [-0.39, 0.29) is 18.4 Å². The molecule has 0 fully saturated rings. The Morgan fingerprint density at radius 3 is 2.44 bits per heavy atom. The minimum absolute atomic E-state index is 0. The van der Waals surface area contributed by atoms with Crippen molar-refractivity contribution in [3.8, 4) is 11.5 Å². The number of hydrogen-bond acceptors (Lipinski definition) is 3. The summed E-state index contributed by atoms with van der Waals surface area (Å²) in [7, 11) is 0. The van der Waals surface area contributed by atoms with Gasteiger partial charge in [-0.25, -0.2) is 0 Å². The minimum atomic E-state index is 0. The molecule has 0 aromatic heterocycles. The summed E-state index contributed by atoms with van der Waals surface area (Å²) < 4.78 is 12.6. The number of nitrogens with two attached hydrogens (primary N) is 1. The summed E-state index contributed by atoms with van der Waals surface area (Å²) in [6.45, 7) is 3.57. The molecule has 0 saturated heterocycles. The van der Waals surface area contributed by atoms with E-state index in [1.165, 1.54) is 16.7 Å². The Bertz CT molecular complexity index is 442. The van der Waals surface area contributed by atoms with Crippen LogP contribution in [0.25, 0.3) is 0 Å². The molecule has 1 aromatic carbocycles. The molecule has 5 heteroatoms. The van der Waals surface area contributed by atoms with Crippen molar-refractivity contribution in [1.29, 1.82) is 0 Å². The van der Waals surface area contributed by atoms with Gasteiger partial charge in [-0.2, -0.15) is 0 Å². The fourth-order valence-corrected chi connectivity index (χ4v) is 3.42. The van der Waals surface area contributed by atoms with Gasteiger partial charge in [-0.3, -0.25) is 0 Å². The maximum absolute atomic E-state index is 5.94. The van der Waals surface area contributed by atoms with Gasteiger partial charge in [0.25, 0.3) is 0 Å². The van der Waals surface area contributed by atoms with E-state index < -0.39 is 0 Å². The van der Waals surface area contributed by atoms with Crippen LogP contribution in [-0.2, 0) is 19.3 Å². The summed E-state index contributed by atoms with van der Waals surface area (Å²) in [5.74, 6) is 2.07. The first kappa shape index (κ1) is 14.0. The fourth-order valence-electron chi connectivity index (χ4n) is 2.69. The SMILES string of the molecule is C[C@H](N)Cc1c2c(c(Br)c3c1OCC3)OCC2.Cl. The van der Waals surface area contributed by atoms with Crippen molar-refractivity contribution in [3.05, 3.63) is 21.2 Å². The maximum Gasteiger partial charge on any atom is 0.137 e. The van der Waals surface area contributed by atoms with Crippen molar-refractivity contribution >= 4 is 28.3 Å². The van der Waals surface area contributed by atoms with Gasteiger partial charge in [-0.1, -0.05) is 0 Å². The van der Waals surface area contributed by atoms with E-state index in [1.807, 2.05) is 6.92 Å². The first-order chi connectivity index (χ1) is 8.18. The molecule has 18 heavy (non-hydrogen) atoms. The van der Waals surface area contributed by atoms with E-state index in [9.17, 15) is 0 Å². The number of ether oxygens (including phenoxy) is 2. The summed E-state index contributed by atoms with van der Waals surface area (Å²) in [5, 5.41) is 0. The highest BCUT2D eigenvalue weighted by molar-refractivity contribution is 9.10. The van der Waals surface area contributed by atoms with E-state index >= 15 is 0 Å². The summed E-state index contributed by atoms with van der Waals surface area (Å²) in [6, 6.07) is 0.147. The third-order valence-electron chi connectivity index (χ3n) is 3.37. The lowest BCUT2D eigenvalue weighted by atomic mass is 9.95. The zero-order valence-corrected chi connectivity index (χ0v) is 12.7. The van der Waals surface area contributed by atoms with Crippen LogP contribution in [0.2, 0.25) is 0 Å². The molecule has 3 nitrogen and oxygen atoms in total. The summed E-state index contributed by atoms with van der Waals surface area (Å²) in [4.78, 5) is 0. The Hall–Kier alpha value is -0.450. The van der Waals surface area contributed by atoms with E-state index in [0.29, 0.717) is 0 Å². The number of hydrogen-bond donors (Lipinski definition) is 1. The molecule has 0 aliphatic carbocycles. The van der Waals surface area contributed by atoms with Gasteiger partial charge in [0, 0.05) is 35.6 Å². The van der Waals surface area contributed by atoms with Crippen LogP contribution in [0, 0.1) is 0 Å². The van der Waals surface area contributed by atoms with E-state index in [0.717, 1.165) is 48.4 Å². The highest BCUT2D eigenvalue weighted by Gasteiger charge is 2.30. The van der Waals surface area contributed by atoms with Gasteiger partial charge in [0.15, 0.2) is 0 Å². The average Bonchev–Trinajstić information content (AvgIpc) is 2.92. The second-order valence-electron chi connectivity index (χ2n) is 4.79. The molecule has 0 bridgehead atoms. The van der Waals surface area contributed by atoms with Crippen LogP contribution in [0.3, 0.4) is 0 Å². The average molecular weight is 335 g/mol. The Kier molecular flexibility index (Phi) is 4.09. The molecule has 3 rings (SSSR count). The molecule has 1 atom stereocenters. The quantitative estimate of drug-likeness (QED) is 0.904. The predicted molar refractivity (Wildman–Crippen MR) is 77.1 cm³/mol. The van der Waals surface area contributed by atoms with E-state index in [4.69, 9.17) is 15.2 Å². The Balaban J connectivity index is 0.00000120. The van der Waals surface area contributed by atoms with Crippen molar-refractivity contribution < 1.29 is 9.47 Å². The lowest BCUT2D eigenvalue weighted by Crippen LogP contribution is -2.19. The predicted octanol–water partition coefficient (Wildman–Crippen LogP) is 2.63. The van der Waals surface area contributed by atoms with E-state index in [2.05, 4.69) is 15.9 Å². The Morgan fingerprint density at radius 2 is 1.78 bits per heavy atom. The third kappa shape index (κ3) is 2.10. The molecular formula is C13H17BrClNO2. The van der Waals surface area contributed by atoms with Gasteiger partial charge in [0.05, 0.1) is 17.7 Å². The lowest BCUT2D eigenvalue weighted by Gasteiger charge is -2.16. The summed E-state index contributed by atoms with van der Waals surface area (Å²) >= 11 is 3.65. The van der Waals surface area contributed by atoms with Crippen LogP contribution in [0.15, 0.2) is 4.47 Å². The molecule has 2 heterocycles. The van der Waals surface area contributed by atoms with Crippen molar-refractivity contribution in [2.45, 2.75) is 32.2 Å². The second kappa shape index (κ2) is 5.27. The van der Waals surface area contributed by atoms with Gasteiger partial charge in [0.1, 0.15) is 11.5 Å². The van der Waals surface area contributed by atoms with Crippen LogP contribution < -0.4 is 15.2 Å². The molecule has 2 aliphatic heterocycles. The zero-order valence-electron chi connectivity index (χ0n) is 10.3. The smallest absolute Gasteiger partial charge is 0.137 e. The topological polar surface area (TPSA) is 44.5 Å². The molecular weight excluding hydrogens is 318 g/mol. The van der Waals surface area contributed by atoms with Crippen LogP contribution in [0.4, 0.5) is 0 Å². The molecule has 2 N–H and O–H groups in total. The number of rotatable bonds is 2. The highest BCUT2D eigenvalue weighted by Crippen LogP contribution is 2.47. The number of fused-ring (bicyclic) bond motifs is 2. The molecule has 0 amide bonds. The molecule has 100 valence electrons. The van der Waals surface area contributed by atoms with E-state index in [1.54, 1.807) is 0 Å². The fraction of sp³-hybridized carbons (Fsp3) is 0.538. The monoisotopic (exact) mass is 333 g/mol. The molecule has 0 unspecified atom stereocenters. The molecule has 1 aromatic rings. The van der Waals surface area contributed by atoms with Crippen molar-refractivity contribution in [3.63, 3.8) is 0 Å². The third-order valence-corrected chi connectivity index (χ3v) is 4.21. The minimum Gasteiger partial charge on any atom is -0.493 e. The van der Waals surface area contributed by atoms with Crippen molar-refractivity contribution in [2.75, 3.05) is 13.2 Å². The molecule has 0 spiro atoms. The van der Waals surface area contributed by atoms with Gasteiger partial charge < -0.3 is 15.2 Å².